The number of carbonyl (C=O) groups excluding carboxylic acids is 2. The maximum Gasteiger partial charge on any atom is 0.272 e. The number of piperazine rings is 1. The Labute approximate surface area is 122 Å². The van der Waals surface area contributed by atoms with Crippen LogP contribution in [0.25, 0.3) is 0 Å². The summed E-state index contributed by atoms with van der Waals surface area (Å²) in [5, 5.41) is 3.09. The van der Waals surface area contributed by atoms with Crippen LogP contribution < -0.4 is 5.32 Å². The molecule has 0 bridgehead atoms. The number of pyridine rings is 1. The van der Waals surface area contributed by atoms with Gasteiger partial charge in [0, 0.05) is 44.4 Å². The van der Waals surface area contributed by atoms with E-state index >= 15 is 0 Å². The molecule has 2 amide bonds. The first-order valence-corrected chi connectivity index (χ1v) is 6.81. The highest BCUT2D eigenvalue weighted by Crippen LogP contribution is 2.11. The Morgan fingerprint density at radius 2 is 2.05 bits per heavy atom. The van der Waals surface area contributed by atoms with E-state index in [2.05, 4.69) is 10.3 Å². The molecule has 0 spiro atoms. The van der Waals surface area contributed by atoms with Gasteiger partial charge in [0.2, 0.25) is 5.91 Å². The molecule has 0 aromatic carbocycles. The average molecular weight is 297 g/mol. The zero-order valence-corrected chi connectivity index (χ0v) is 12.1. The Bertz CT molecular complexity index is 501. The highest BCUT2D eigenvalue weighted by Gasteiger charge is 2.23. The summed E-state index contributed by atoms with van der Waals surface area (Å²) in [5.74, 6) is -0.131. The van der Waals surface area contributed by atoms with Crippen molar-refractivity contribution in [2.24, 2.45) is 0 Å². The van der Waals surface area contributed by atoms with Gasteiger partial charge in [0.15, 0.2) is 0 Å². The Morgan fingerprint density at radius 1 is 1.35 bits per heavy atom. The summed E-state index contributed by atoms with van der Waals surface area (Å²) in [6.07, 6.45) is 1.53. The van der Waals surface area contributed by atoms with Crippen LogP contribution in [0.3, 0.4) is 0 Å². The van der Waals surface area contributed by atoms with Crippen LogP contribution in [0.1, 0.15) is 10.5 Å². The monoisotopic (exact) mass is 296 g/mol. The van der Waals surface area contributed by atoms with E-state index in [1.807, 2.05) is 4.90 Å². The first-order chi connectivity index (χ1) is 9.60. The molecule has 1 N–H and O–H groups in total. The second-order valence-corrected chi connectivity index (χ2v) is 5.04. The minimum Gasteiger partial charge on any atom is -0.358 e. The molecule has 2 heterocycles. The molecule has 1 aromatic rings. The normalized spacial score (nSPS) is 16.0. The predicted octanol–water partition coefficient (Wildman–Crippen LogP) is 0.239. The van der Waals surface area contributed by atoms with Crippen molar-refractivity contribution in [3.63, 3.8) is 0 Å². The Kier molecular flexibility index (Phi) is 4.92. The Hall–Kier alpha value is -1.66. The smallest absolute Gasteiger partial charge is 0.272 e. The van der Waals surface area contributed by atoms with E-state index in [9.17, 15) is 9.59 Å². The number of nitrogens with zero attached hydrogens (tertiary/aromatic N) is 3. The quantitative estimate of drug-likeness (QED) is 0.868. The van der Waals surface area contributed by atoms with Gasteiger partial charge in [-0.05, 0) is 12.1 Å². The van der Waals surface area contributed by atoms with Crippen molar-refractivity contribution < 1.29 is 9.59 Å². The first kappa shape index (κ1) is 14.7. The second kappa shape index (κ2) is 6.67. The summed E-state index contributed by atoms with van der Waals surface area (Å²) in [5.41, 5.74) is 0.359. The number of halogens is 1. The number of hydrogen-bond donors (Lipinski definition) is 1. The molecule has 20 heavy (non-hydrogen) atoms. The number of hydrogen-bond acceptors (Lipinski definition) is 4. The zero-order valence-electron chi connectivity index (χ0n) is 11.3. The zero-order chi connectivity index (χ0) is 14.5. The van der Waals surface area contributed by atoms with Gasteiger partial charge in [-0.1, -0.05) is 11.6 Å². The molecule has 1 fully saturated rings. The molecular weight excluding hydrogens is 280 g/mol. The molecule has 6 nitrogen and oxygen atoms in total. The van der Waals surface area contributed by atoms with Gasteiger partial charge < -0.3 is 10.2 Å². The lowest BCUT2D eigenvalue weighted by atomic mass is 10.2. The number of rotatable bonds is 3. The van der Waals surface area contributed by atoms with E-state index in [1.165, 1.54) is 6.20 Å². The molecule has 0 atom stereocenters. The standard InChI is InChI=1S/C13H17ClN4O2/c1-15-12(19)9-17-4-6-18(7-5-17)13(20)11-8-10(14)2-3-16-11/h2-3,8H,4-7,9H2,1H3,(H,15,19). The summed E-state index contributed by atoms with van der Waals surface area (Å²) < 4.78 is 0. The van der Waals surface area contributed by atoms with E-state index in [0.29, 0.717) is 43.4 Å². The fourth-order valence-corrected chi connectivity index (χ4v) is 2.23. The molecular formula is C13H17ClN4O2. The Balaban J connectivity index is 1.90. The van der Waals surface area contributed by atoms with Crippen molar-refractivity contribution in [3.05, 3.63) is 29.0 Å². The van der Waals surface area contributed by atoms with Crippen LogP contribution in [-0.4, -0.2) is 66.4 Å². The van der Waals surface area contributed by atoms with Gasteiger partial charge in [0.05, 0.1) is 6.54 Å². The van der Waals surface area contributed by atoms with Gasteiger partial charge in [-0.3, -0.25) is 19.5 Å². The van der Waals surface area contributed by atoms with E-state index < -0.39 is 0 Å². The summed E-state index contributed by atoms with van der Waals surface area (Å²) in [7, 11) is 1.62. The van der Waals surface area contributed by atoms with Crippen molar-refractivity contribution in [1.82, 2.24) is 20.1 Å². The van der Waals surface area contributed by atoms with Crippen LogP contribution >= 0.6 is 11.6 Å². The molecule has 1 aliphatic rings. The van der Waals surface area contributed by atoms with Crippen molar-refractivity contribution in [2.45, 2.75) is 0 Å². The molecule has 7 heteroatoms. The van der Waals surface area contributed by atoms with Crippen molar-refractivity contribution in [3.8, 4) is 0 Å². The lowest BCUT2D eigenvalue weighted by Gasteiger charge is -2.34. The van der Waals surface area contributed by atoms with Gasteiger partial charge in [0.25, 0.3) is 5.91 Å². The summed E-state index contributed by atoms with van der Waals surface area (Å²) >= 11 is 5.86. The van der Waals surface area contributed by atoms with Gasteiger partial charge in [-0.25, -0.2) is 0 Å². The molecule has 0 saturated carbocycles. The van der Waals surface area contributed by atoms with Crippen LogP contribution in [0.15, 0.2) is 18.3 Å². The first-order valence-electron chi connectivity index (χ1n) is 6.44. The third kappa shape index (κ3) is 3.68. The fraction of sp³-hybridized carbons (Fsp3) is 0.462. The van der Waals surface area contributed by atoms with Crippen LogP contribution in [0, 0.1) is 0 Å². The number of carbonyl (C=O) groups is 2. The maximum absolute atomic E-state index is 12.2. The maximum atomic E-state index is 12.2. The average Bonchev–Trinajstić information content (AvgIpc) is 2.47. The lowest BCUT2D eigenvalue weighted by Crippen LogP contribution is -2.51. The van der Waals surface area contributed by atoms with Crippen molar-refractivity contribution >= 4 is 23.4 Å². The lowest BCUT2D eigenvalue weighted by molar-refractivity contribution is -0.122. The van der Waals surface area contributed by atoms with Gasteiger partial charge in [-0.15, -0.1) is 0 Å². The van der Waals surface area contributed by atoms with E-state index in [-0.39, 0.29) is 11.8 Å². The van der Waals surface area contributed by atoms with Crippen LogP contribution in [-0.2, 0) is 4.79 Å². The van der Waals surface area contributed by atoms with Crippen LogP contribution in [0.2, 0.25) is 5.02 Å². The molecule has 1 aliphatic heterocycles. The number of nitrogens with one attached hydrogen (secondary N) is 1. The van der Waals surface area contributed by atoms with Gasteiger partial charge in [-0.2, -0.15) is 0 Å². The van der Waals surface area contributed by atoms with Gasteiger partial charge >= 0.3 is 0 Å². The SMILES string of the molecule is CNC(=O)CN1CCN(C(=O)c2cc(Cl)ccn2)CC1. The van der Waals surface area contributed by atoms with E-state index in [4.69, 9.17) is 11.6 Å². The fourth-order valence-electron chi connectivity index (χ4n) is 2.07. The topological polar surface area (TPSA) is 65.5 Å². The van der Waals surface area contributed by atoms with E-state index in [1.54, 1.807) is 24.1 Å². The summed E-state index contributed by atoms with van der Waals surface area (Å²) in [6, 6.07) is 3.21. The number of aromatic nitrogens is 1. The van der Waals surface area contributed by atoms with E-state index in [0.717, 1.165) is 0 Å². The van der Waals surface area contributed by atoms with Crippen molar-refractivity contribution in [2.75, 3.05) is 39.8 Å². The minimum absolute atomic E-state index is 0.0127. The molecule has 1 saturated heterocycles. The van der Waals surface area contributed by atoms with Gasteiger partial charge in [0.1, 0.15) is 5.69 Å². The predicted molar refractivity (Wildman–Crippen MR) is 75.7 cm³/mol. The highest BCUT2D eigenvalue weighted by atomic mass is 35.5. The number of amides is 2. The largest absolute Gasteiger partial charge is 0.358 e. The highest BCUT2D eigenvalue weighted by molar-refractivity contribution is 6.30. The molecule has 0 unspecified atom stereocenters. The molecule has 2 rings (SSSR count). The third-order valence-electron chi connectivity index (χ3n) is 3.25. The number of likely N-dealkylation sites (N-methyl/N-ethyl adjacent to an activating group) is 1. The molecule has 0 radical (unpaired) electrons. The summed E-state index contributed by atoms with van der Waals surface area (Å²) in [6.45, 7) is 2.90. The second-order valence-electron chi connectivity index (χ2n) is 4.60. The van der Waals surface area contributed by atoms with Crippen LogP contribution in [0.4, 0.5) is 0 Å². The molecule has 0 aliphatic carbocycles. The molecule has 108 valence electrons. The minimum atomic E-state index is -0.118. The Morgan fingerprint density at radius 3 is 2.65 bits per heavy atom. The molecule has 1 aromatic heterocycles. The summed E-state index contributed by atoms with van der Waals surface area (Å²) in [4.78, 5) is 31.3. The van der Waals surface area contributed by atoms with Crippen LogP contribution in [0.5, 0.6) is 0 Å². The third-order valence-corrected chi connectivity index (χ3v) is 3.48. The van der Waals surface area contributed by atoms with Crippen molar-refractivity contribution in [1.29, 1.82) is 0 Å².